The molecular formula is C13H16N5O6P. The molecule has 2 aromatic heterocycles. The molecule has 0 bridgehead atoms. The van der Waals surface area contributed by atoms with Crippen molar-refractivity contribution < 1.29 is 23.2 Å². The molecule has 1 unspecified atom stereocenters. The molecule has 1 aliphatic heterocycles. The first-order valence-corrected chi connectivity index (χ1v) is 9.04. The van der Waals surface area contributed by atoms with E-state index >= 15 is 0 Å². The predicted molar refractivity (Wildman–Crippen MR) is 83.3 cm³/mol. The Morgan fingerprint density at radius 3 is 3.12 bits per heavy atom. The molecule has 134 valence electrons. The minimum atomic E-state index is -4.21. The van der Waals surface area contributed by atoms with Crippen LogP contribution < -0.4 is 5.56 Å². The molecule has 1 saturated heterocycles. The number of ether oxygens (including phenoxy) is 1. The number of aromatic nitrogens is 4. The van der Waals surface area contributed by atoms with Gasteiger partial charge in [0.25, 0.3) is 5.56 Å². The maximum absolute atomic E-state index is 11.7. The molecule has 3 rings (SSSR count). The maximum atomic E-state index is 11.7. The normalized spacial score (nSPS) is 22.7. The Labute approximate surface area is 141 Å². The quantitative estimate of drug-likeness (QED) is 0.534. The third-order valence-corrected chi connectivity index (χ3v) is 4.64. The Kier molecular flexibility index (Phi) is 5.27. The van der Waals surface area contributed by atoms with Crippen molar-refractivity contribution in [1.82, 2.24) is 19.5 Å². The van der Waals surface area contributed by atoms with E-state index in [1.165, 1.54) is 12.7 Å². The van der Waals surface area contributed by atoms with E-state index in [1.807, 2.05) is 0 Å². The highest BCUT2D eigenvalue weighted by Gasteiger charge is 2.31. The van der Waals surface area contributed by atoms with Crippen molar-refractivity contribution in [3.05, 3.63) is 23.0 Å². The van der Waals surface area contributed by atoms with Gasteiger partial charge in [0.1, 0.15) is 6.23 Å². The van der Waals surface area contributed by atoms with Crippen molar-refractivity contribution in [2.45, 2.75) is 31.6 Å². The lowest BCUT2D eigenvalue weighted by molar-refractivity contribution is -0.0221. The number of nitriles is 1. The monoisotopic (exact) mass is 369 g/mol. The van der Waals surface area contributed by atoms with Gasteiger partial charge in [-0.25, -0.2) is 14.5 Å². The highest BCUT2D eigenvalue weighted by atomic mass is 31.2. The van der Waals surface area contributed by atoms with E-state index in [9.17, 15) is 14.3 Å². The molecule has 0 radical (unpaired) electrons. The summed E-state index contributed by atoms with van der Waals surface area (Å²) < 4.78 is 28.6. The van der Waals surface area contributed by atoms with E-state index in [4.69, 9.17) is 14.5 Å². The molecule has 0 spiro atoms. The fraction of sp³-hybridized carbons (Fsp3) is 0.538. The van der Waals surface area contributed by atoms with Gasteiger partial charge in [-0.1, -0.05) is 0 Å². The van der Waals surface area contributed by atoms with Crippen LogP contribution in [0.1, 0.15) is 25.5 Å². The van der Waals surface area contributed by atoms with Crippen LogP contribution >= 0.6 is 7.82 Å². The van der Waals surface area contributed by atoms with Crippen LogP contribution in [0.15, 0.2) is 17.4 Å². The van der Waals surface area contributed by atoms with Crippen molar-refractivity contribution in [2.24, 2.45) is 0 Å². The Hall–Kier alpha value is -2.09. The van der Waals surface area contributed by atoms with Crippen LogP contribution in [0.3, 0.4) is 0 Å². The molecule has 0 amide bonds. The number of H-pyrrole nitrogens is 1. The van der Waals surface area contributed by atoms with Gasteiger partial charge in [-0.2, -0.15) is 5.26 Å². The lowest BCUT2D eigenvalue weighted by atomic mass is 10.2. The lowest BCUT2D eigenvalue weighted by Gasteiger charge is -2.17. The average Bonchev–Trinajstić information content (AvgIpc) is 3.20. The summed E-state index contributed by atoms with van der Waals surface area (Å²) in [5.41, 5.74) is 0.289. The van der Waals surface area contributed by atoms with Gasteiger partial charge < -0.3 is 14.6 Å². The van der Waals surface area contributed by atoms with Crippen LogP contribution in [-0.2, 0) is 18.3 Å². The SMILES string of the molecule is N#CCCOP(=O)(O)OC[C@@H]1CC[C@H](n2cnc3c(=O)[nH]cnc32)O1. The number of phosphoric acid groups is 1. The molecule has 25 heavy (non-hydrogen) atoms. The zero-order chi connectivity index (χ0) is 17.9. The first-order valence-electron chi connectivity index (χ1n) is 7.54. The van der Waals surface area contributed by atoms with E-state index in [0.29, 0.717) is 18.5 Å². The second-order valence-electron chi connectivity index (χ2n) is 5.35. The maximum Gasteiger partial charge on any atom is 0.472 e. The largest absolute Gasteiger partial charge is 0.472 e. The first-order chi connectivity index (χ1) is 12.0. The molecule has 11 nitrogen and oxygen atoms in total. The number of nitrogens with zero attached hydrogens (tertiary/aromatic N) is 4. The Balaban J connectivity index is 1.58. The number of aromatic amines is 1. The van der Waals surface area contributed by atoms with Crippen LogP contribution in [0, 0.1) is 11.3 Å². The van der Waals surface area contributed by atoms with E-state index < -0.39 is 20.2 Å². The van der Waals surface area contributed by atoms with Crippen molar-refractivity contribution in [3.8, 4) is 6.07 Å². The number of fused-ring (bicyclic) bond motifs is 1. The standard InChI is InChI=1S/C13H16N5O6P/c14-4-1-5-22-25(20,21)23-6-9-2-3-10(24-9)18-8-17-11-12(18)15-7-16-13(11)19/h7-10H,1-3,5-6H2,(H,20,21)(H,15,16,19)/t9-,10+/m0/s1. The minimum absolute atomic E-state index is 0.00422. The molecule has 1 aliphatic rings. The molecule has 3 atom stereocenters. The summed E-state index contributed by atoms with van der Waals surface area (Å²) in [6.07, 6.45) is 3.15. The summed E-state index contributed by atoms with van der Waals surface area (Å²) in [6, 6.07) is 1.80. The smallest absolute Gasteiger partial charge is 0.352 e. The highest BCUT2D eigenvalue weighted by Crippen LogP contribution is 2.44. The number of hydrogen-bond donors (Lipinski definition) is 2. The first kappa shape index (κ1) is 17.7. The van der Waals surface area contributed by atoms with E-state index in [2.05, 4.69) is 19.5 Å². The molecule has 0 aliphatic carbocycles. The number of nitrogens with one attached hydrogen (secondary N) is 1. The van der Waals surface area contributed by atoms with Crippen LogP contribution in [0.5, 0.6) is 0 Å². The number of hydrogen-bond acceptors (Lipinski definition) is 8. The van der Waals surface area contributed by atoms with Gasteiger partial charge in [-0.3, -0.25) is 18.4 Å². The Morgan fingerprint density at radius 2 is 2.32 bits per heavy atom. The summed E-state index contributed by atoms with van der Waals surface area (Å²) in [4.78, 5) is 31.8. The fourth-order valence-electron chi connectivity index (χ4n) is 2.51. The lowest BCUT2D eigenvalue weighted by Crippen LogP contribution is -2.17. The molecule has 0 aromatic carbocycles. The van der Waals surface area contributed by atoms with Crippen molar-refractivity contribution >= 4 is 19.0 Å². The average molecular weight is 369 g/mol. The molecule has 2 N–H and O–H groups in total. The highest BCUT2D eigenvalue weighted by molar-refractivity contribution is 7.47. The zero-order valence-corrected chi connectivity index (χ0v) is 14.0. The van der Waals surface area contributed by atoms with Crippen molar-refractivity contribution in [1.29, 1.82) is 5.26 Å². The van der Waals surface area contributed by atoms with Gasteiger partial charge in [0, 0.05) is 0 Å². The van der Waals surface area contributed by atoms with Gasteiger partial charge in [0.2, 0.25) is 0 Å². The summed E-state index contributed by atoms with van der Waals surface area (Å²) in [7, 11) is -4.21. The summed E-state index contributed by atoms with van der Waals surface area (Å²) >= 11 is 0. The third-order valence-electron chi connectivity index (χ3n) is 3.65. The molecule has 2 aromatic rings. The number of rotatable bonds is 7. The second-order valence-corrected chi connectivity index (χ2v) is 6.80. The molecule has 3 heterocycles. The van der Waals surface area contributed by atoms with Gasteiger partial charge in [0.05, 0.1) is 44.5 Å². The minimum Gasteiger partial charge on any atom is -0.352 e. The topological polar surface area (TPSA) is 152 Å². The van der Waals surface area contributed by atoms with E-state index in [1.54, 1.807) is 10.6 Å². The molecule has 0 saturated carbocycles. The second kappa shape index (κ2) is 7.43. The van der Waals surface area contributed by atoms with Gasteiger partial charge in [-0.15, -0.1) is 0 Å². The van der Waals surface area contributed by atoms with Crippen LogP contribution in [0.25, 0.3) is 11.2 Å². The molecule has 1 fully saturated rings. The van der Waals surface area contributed by atoms with Crippen LogP contribution in [0.4, 0.5) is 0 Å². The van der Waals surface area contributed by atoms with Gasteiger partial charge in [0.15, 0.2) is 11.2 Å². The number of phosphoric ester groups is 1. The summed E-state index contributed by atoms with van der Waals surface area (Å²) in [6.45, 7) is -0.308. The summed E-state index contributed by atoms with van der Waals surface area (Å²) in [5, 5.41) is 8.38. The Bertz CT molecular complexity index is 889. The van der Waals surface area contributed by atoms with E-state index in [0.717, 1.165) is 0 Å². The molecular weight excluding hydrogens is 353 g/mol. The van der Waals surface area contributed by atoms with Gasteiger partial charge >= 0.3 is 7.82 Å². The van der Waals surface area contributed by atoms with Gasteiger partial charge in [-0.05, 0) is 12.8 Å². The van der Waals surface area contributed by atoms with Crippen molar-refractivity contribution in [3.63, 3.8) is 0 Å². The number of imidazole rings is 1. The van der Waals surface area contributed by atoms with Crippen LogP contribution in [0.2, 0.25) is 0 Å². The predicted octanol–water partition coefficient (Wildman–Crippen LogP) is 0.844. The third kappa shape index (κ3) is 4.12. The van der Waals surface area contributed by atoms with Crippen LogP contribution in [-0.4, -0.2) is 43.7 Å². The fourth-order valence-corrected chi connectivity index (χ4v) is 3.26. The van der Waals surface area contributed by atoms with E-state index in [-0.39, 0.29) is 30.7 Å². The molecule has 12 heteroatoms. The summed E-state index contributed by atoms with van der Waals surface area (Å²) in [5.74, 6) is 0. The zero-order valence-electron chi connectivity index (χ0n) is 13.1. The Morgan fingerprint density at radius 1 is 1.48 bits per heavy atom. The van der Waals surface area contributed by atoms with Crippen molar-refractivity contribution in [2.75, 3.05) is 13.2 Å².